The summed E-state index contributed by atoms with van der Waals surface area (Å²) in [5.41, 5.74) is -0.263. The zero-order chi connectivity index (χ0) is 13.7. The summed E-state index contributed by atoms with van der Waals surface area (Å²) in [6.07, 6.45) is 0. The quantitative estimate of drug-likeness (QED) is 0.498. The van der Waals surface area contributed by atoms with Gasteiger partial charge in [-0.05, 0) is 12.1 Å². The van der Waals surface area contributed by atoms with Gasteiger partial charge in [0.25, 0.3) is 5.69 Å². The molecule has 0 saturated carbocycles. The molecule has 7 heteroatoms. The van der Waals surface area contributed by atoms with Gasteiger partial charge in [0.15, 0.2) is 0 Å². The Morgan fingerprint density at radius 3 is 2.83 bits per heavy atom. The minimum Gasteiger partial charge on any atom is -0.481 e. The van der Waals surface area contributed by atoms with Crippen molar-refractivity contribution in [1.29, 1.82) is 5.26 Å². The van der Waals surface area contributed by atoms with E-state index in [1.54, 1.807) is 13.0 Å². The molecule has 0 aliphatic heterocycles. The fourth-order valence-corrected chi connectivity index (χ4v) is 2.10. The number of nitriles is 1. The van der Waals surface area contributed by atoms with Crippen molar-refractivity contribution in [2.75, 3.05) is 5.75 Å². The van der Waals surface area contributed by atoms with Gasteiger partial charge in [-0.15, -0.1) is 11.8 Å². The molecule has 0 aliphatic carbocycles. The van der Waals surface area contributed by atoms with Gasteiger partial charge in [-0.3, -0.25) is 14.9 Å². The number of hydrogen-bond donors (Lipinski definition) is 1. The number of nitro groups is 1. The number of nitro benzene ring substituents is 1. The molecule has 0 aromatic heterocycles. The standard InChI is InChI=1S/C11H10N2O4S/c1-7(11(14)15)6-18-9-2-3-10(13(16)17)8(4-9)5-12/h2-4,7H,6H2,1H3,(H,14,15). The smallest absolute Gasteiger partial charge is 0.307 e. The molecule has 94 valence electrons. The summed E-state index contributed by atoms with van der Waals surface area (Å²) in [6, 6.07) is 5.92. The molecule has 6 nitrogen and oxygen atoms in total. The van der Waals surface area contributed by atoms with Gasteiger partial charge in [0.2, 0.25) is 0 Å². The van der Waals surface area contributed by atoms with Gasteiger partial charge >= 0.3 is 5.97 Å². The topological polar surface area (TPSA) is 104 Å². The first kappa shape index (κ1) is 14.0. The third-order valence-corrected chi connectivity index (χ3v) is 3.46. The number of hydrogen-bond acceptors (Lipinski definition) is 5. The minimum atomic E-state index is -0.898. The minimum absolute atomic E-state index is 0.0204. The van der Waals surface area contributed by atoms with E-state index < -0.39 is 16.8 Å². The Hall–Kier alpha value is -2.07. The van der Waals surface area contributed by atoms with E-state index in [9.17, 15) is 14.9 Å². The lowest BCUT2D eigenvalue weighted by atomic mass is 10.2. The van der Waals surface area contributed by atoms with Gasteiger partial charge in [0.1, 0.15) is 11.6 Å². The lowest BCUT2D eigenvalue weighted by molar-refractivity contribution is -0.385. The first-order valence-corrected chi connectivity index (χ1v) is 5.98. The van der Waals surface area contributed by atoms with E-state index in [1.807, 2.05) is 0 Å². The fraction of sp³-hybridized carbons (Fsp3) is 0.273. The second-order valence-corrected chi connectivity index (χ2v) is 4.69. The van der Waals surface area contributed by atoms with Crippen molar-refractivity contribution in [2.45, 2.75) is 11.8 Å². The number of benzene rings is 1. The number of nitrogens with zero attached hydrogens (tertiary/aromatic N) is 2. The second-order valence-electron chi connectivity index (χ2n) is 3.60. The number of rotatable bonds is 5. The molecule has 0 saturated heterocycles. The van der Waals surface area contributed by atoms with Gasteiger partial charge in [0.05, 0.1) is 10.8 Å². The summed E-state index contributed by atoms with van der Waals surface area (Å²) in [7, 11) is 0. The van der Waals surface area contributed by atoms with Crippen LogP contribution in [0.25, 0.3) is 0 Å². The molecule has 0 spiro atoms. The van der Waals surface area contributed by atoms with Crippen LogP contribution >= 0.6 is 11.8 Å². The summed E-state index contributed by atoms with van der Waals surface area (Å²) in [5.74, 6) is -1.07. The molecule has 18 heavy (non-hydrogen) atoms. The van der Waals surface area contributed by atoms with E-state index in [1.165, 1.54) is 30.0 Å². The van der Waals surface area contributed by atoms with Crippen molar-refractivity contribution in [2.24, 2.45) is 5.92 Å². The Balaban J connectivity index is 2.84. The zero-order valence-electron chi connectivity index (χ0n) is 9.49. The molecule has 0 aliphatic rings. The Bertz CT molecular complexity index is 524. The molecule has 0 bridgehead atoms. The molecule has 0 fully saturated rings. The lowest BCUT2D eigenvalue weighted by Crippen LogP contribution is -2.11. The maximum atomic E-state index is 10.6. The molecular formula is C11H10N2O4S. The molecule has 0 heterocycles. The highest BCUT2D eigenvalue weighted by Gasteiger charge is 2.15. The third kappa shape index (κ3) is 3.46. The molecule has 1 unspecified atom stereocenters. The average molecular weight is 266 g/mol. The number of carboxylic acid groups (broad SMARTS) is 1. The molecule has 0 radical (unpaired) electrons. The van der Waals surface area contributed by atoms with E-state index in [0.29, 0.717) is 10.6 Å². The van der Waals surface area contributed by atoms with Crippen LogP contribution < -0.4 is 0 Å². The third-order valence-electron chi connectivity index (χ3n) is 2.21. The highest BCUT2D eigenvalue weighted by molar-refractivity contribution is 7.99. The van der Waals surface area contributed by atoms with E-state index >= 15 is 0 Å². The molecule has 1 aromatic rings. The number of carboxylic acids is 1. The van der Waals surface area contributed by atoms with Crippen LogP contribution in [0, 0.1) is 27.4 Å². The number of aliphatic carboxylic acids is 1. The first-order valence-electron chi connectivity index (χ1n) is 5.00. The molecule has 1 atom stereocenters. The Morgan fingerprint density at radius 2 is 2.33 bits per heavy atom. The van der Waals surface area contributed by atoms with Crippen molar-refractivity contribution in [3.63, 3.8) is 0 Å². The van der Waals surface area contributed by atoms with Crippen LogP contribution in [0.5, 0.6) is 0 Å². The molecule has 1 N–H and O–H groups in total. The second kappa shape index (κ2) is 6.02. The number of thioether (sulfide) groups is 1. The highest BCUT2D eigenvalue weighted by Crippen LogP contribution is 2.26. The van der Waals surface area contributed by atoms with Gasteiger partial charge in [-0.25, -0.2) is 0 Å². The monoisotopic (exact) mass is 266 g/mol. The van der Waals surface area contributed by atoms with Crippen molar-refractivity contribution >= 4 is 23.4 Å². The zero-order valence-corrected chi connectivity index (χ0v) is 10.3. The number of carbonyl (C=O) groups is 1. The summed E-state index contributed by atoms with van der Waals surface area (Å²) < 4.78 is 0. The maximum Gasteiger partial charge on any atom is 0.307 e. The van der Waals surface area contributed by atoms with Gasteiger partial charge < -0.3 is 5.11 Å². The van der Waals surface area contributed by atoms with Crippen LogP contribution in [0.4, 0.5) is 5.69 Å². The summed E-state index contributed by atoms with van der Waals surface area (Å²) in [5, 5.41) is 28.1. The Kier molecular flexibility index (Phi) is 4.68. The highest BCUT2D eigenvalue weighted by atomic mass is 32.2. The van der Waals surface area contributed by atoms with E-state index in [0.717, 1.165) is 0 Å². The largest absolute Gasteiger partial charge is 0.481 e. The molecule has 0 amide bonds. The van der Waals surface area contributed by atoms with Gasteiger partial charge in [0, 0.05) is 16.7 Å². The van der Waals surface area contributed by atoms with Crippen LogP contribution in [0.3, 0.4) is 0 Å². The van der Waals surface area contributed by atoms with Crippen LogP contribution in [-0.4, -0.2) is 21.8 Å². The average Bonchev–Trinajstić information content (AvgIpc) is 2.34. The predicted octanol–water partition coefficient (Wildman–Crippen LogP) is 2.28. The van der Waals surface area contributed by atoms with E-state index in [2.05, 4.69) is 0 Å². The molecule has 1 rings (SSSR count). The lowest BCUT2D eigenvalue weighted by Gasteiger charge is -2.05. The summed E-state index contributed by atoms with van der Waals surface area (Å²) in [6.45, 7) is 1.58. The van der Waals surface area contributed by atoms with E-state index in [4.69, 9.17) is 10.4 Å². The van der Waals surface area contributed by atoms with Crippen molar-refractivity contribution in [3.8, 4) is 6.07 Å². The summed E-state index contributed by atoms with van der Waals surface area (Å²) >= 11 is 1.25. The van der Waals surface area contributed by atoms with Gasteiger partial charge in [-0.1, -0.05) is 6.92 Å². The predicted molar refractivity (Wildman–Crippen MR) is 65.3 cm³/mol. The normalized spacial score (nSPS) is 11.6. The fourth-order valence-electron chi connectivity index (χ4n) is 1.15. The van der Waals surface area contributed by atoms with Crippen LogP contribution in [0.2, 0.25) is 0 Å². The first-order chi connectivity index (χ1) is 8.45. The molecular weight excluding hydrogens is 256 g/mol. The van der Waals surface area contributed by atoms with Crippen molar-refractivity contribution in [3.05, 3.63) is 33.9 Å². The van der Waals surface area contributed by atoms with Crippen LogP contribution in [0.1, 0.15) is 12.5 Å². The maximum absolute atomic E-state index is 10.6. The SMILES string of the molecule is CC(CSc1ccc([N+](=O)[O-])c(C#N)c1)C(=O)O. The summed E-state index contributed by atoms with van der Waals surface area (Å²) in [4.78, 5) is 21.3. The van der Waals surface area contributed by atoms with Crippen LogP contribution in [0.15, 0.2) is 23.1 Å². The van der Waals surface area contributed by atoms with Crippen molar-refractivity contribution < 1.29 is 14.8 Å². The van der Waals surface area contributed by atoms with Gasteiger partial charge in [-0.2, -0.15) is 5.26 Å². The Labute approximate surface area is 107 Å². The van der Waals surface area contributed by atoms with Crippen LogP contribution in [-0.2, 0) is 4.79 Å². The molecule has 1 aromatic carbocycles. The van der Waals surface area contributed by atoms with Crippen molar-refractivity contribution in [1.82, 2.24) is 0 Å². The Morgan fingerprint density at radius 1 is 1.67 bits per heavy atom. The van der Waals surface area contributed by atoms with E-state index in [-0.39, 0.29) is 11.3 Å².